The van der Waals surface area contributed by atoms with E-state index in [-0.39, 0.29) is 11.8 Å². The number of amides is 1. The first kappa shape index (κ1) is 19.9. The normalized spacial score (nSPS) is 11.7. The van der Waals surface area contributed by atoms with Gasteiger partial charge >= 0.3 is 0 Å². The molecule has 2 aromatic carbocycles. The fourth-order valence-electron chi connectivity index (χ4n) is 2.93. The molecular formula is C22H24N2O3S. The maximum atomic E-state index is 12.7. The third-order valence-electron chi connectivity index (χ3n) is 4.57. The second-order valence-corrected chi connectivity index (χ2v) is 7.52. The van der Waals surface area contributed by atoms with Gasteiger partial charge in [0.15, 0.2) is 11.5 Å². The summed E-state index contributed by atoms with van der Waals surface area (Å²) in [6.07, 6.45) is 0. The summed E-state index contributed by atoms with van der Waals surface area (Å²) in [6, 6.07) is 15.8. The van der Waals surface area contributed by atoms with E-state index in [1.165, 1.54) is 16.9 Å². The third-order valence-corrected chi connectivity index (χ3v) is 5.78. The molecule has 3 aromatic rings. The van der Waals surface area contributed by atoms with E-state index in [2.05, 4.69) is 29.4 Å². The number of methoxy groups -OCH3 is 2. The fraction of sp³-hybridized carbons (Fsp3) is 0.273. The first-order chi connectivity index (χ1) is 13.5. The number of carbonyl (C=O) groups is 1. The number of aromatic nitrogens is 1. The van der Waals surface area contributed by atoms with Gasteiger partial charge in [0, 0.05) is 12.1 Å². The molecule has 0 radical (unpaired) electrons. The van der Waals surface area contributed by atoms with Gasteiger partial charge in [-0.3, -0.25) is 4.79 Å². The molecule has 1 heterocycles. The summed E-state index contributed by atoms with van der Waals surface area (Å²) in [4.78, 5) is 17.9. The minimum absolute atomic E-state index is 0.0930. The Hall–Kier alpha value is -2.86. The molecule has 1 N–H and O–H groups in total. The highest BCUT2D eigenvalue weighted by atomic mass is 32.1. The number of aryl methyl sites for hydroxylation is 1. The second kappa shape index (κ2) is 8.89. The minimum atomic E-state index is -0.0930. The quantitative estimate of drug-likeness (QED) is 0.630. The van der Waals surface area contributed by atoms with Crippen LogP contribution in [-0.2, 0) is 0 Å². The van der Waals surface area contributed by atoms with Crippen molar-refractivity contribution >= 4 is 17.2 Å². The molecule has 0 aliphatic carbocycles. The van der Waals surface area contributed by atoms with E-state index in [0.717, 1.165) is 16.3 Å². The number of thiazole rings is 1. The van der Waals surface area contributed by atoms with E-state index in [4.69, 9.17) is 9.47 Å². The lowest BCUT2D eigenvalue weighted by Gasteiger charge is -2.12. The lowest BCUT2D eigenvalue weighted by Crippen LogP contribution is -2.27. The van der Waals surface area contributed by atoms with E-state index < -0.39 is 0 Å². The average molecular weight is 397 g/mol. The molecule has 28 heavy (non-hydrogen) atoms. The zero-order chi connectivity index (χ0) is 20.1. The number of hydrogen-bond donors (Lipinski definition) is 1. The van der Waals surface area contributed by atoms with Gasteiger partial charge in [-0.1, -0.05) is 37.3 Å². The molecule has 0 saturated carbocycles. The highest BCUT2D eigenvalue weighted by molar-refractivity contribution is 7.17. The number of ether oxygens (including phenoxy) is 2. The summed E-state index contributed by atoms with van der Waals surface area (Å²) in [5.74, 6) is 1.44. The van der Waals surface area contributed by atoms with Crippen molar-refractivity contribution in [1.29, 1.82) is 0 Å². The first-order valence-corrected chi connectivity index (χ1v) is 9.88. The van der Waals surface area contributed by atoms with E-state index in [1.807, 2.05) is 43.3 Å². The van der Waals surface area contributed by atoms with Crippen LogP contribution in [0.2, 0.25) is 0 Å². The van der Waals surface area contributed by atoms with Crippen LogP contribution in [0.15, 0.2) is 48.5 Å². The lowest BCUT2D eigenvalue weighted by molar-refractivity contribution is 0.0955. The molecule has 3 rings (SSSR count). The number of nitrogens with one attached hydrogen (secondary N) is 1. The van der Waals surface area contributed by atoms with Crippen LogP contribution in [0.4, 0.5) is 0 Å². The van der Waals surface area contributed by atoms with E-state index in [1.54, 1.807) is 14.2 Å². The van der Waals surface area contributed by atoms with Crippen LogP contribution in [0.5, 0.6) is 11.5 Å². The molecule has 1 amide bonds. The Morgan fingerprint density at radius 3 is 2.50 bits per heavy atom. The maximum Gasteiger partial charge on any atom is 0.263 e. The number of carbonyl (C=O) groups excluding carboxylic acids is 1. The Bertz CT molecular complexity index is 954. The zero-order valence-electron chi connectivity index (χ0n) is 16.5. The predicted octanol–water partition coefficient (Wildman–Crippen LogP) is 4.67. The van der Waals surface area contributed by atoms with Crippen molar-refractivity contribution in [3.63, 3.8) is 0 Å². The highest BCUT2D eigenvalue weighted by Gasteiger charge is 2.18. The van der Waals surface area contributed by atoms with E-state index in [9.17, 15) is 4.79 Å². The molecule has 5 nitrogen and oxygen atoms in total. The monoisotopic (exact) mass is 396 g/mol. The summed E-state index contributed by atoms with van der Waals surface area (Å²) >= 11 is 1.38. The predicted molar refractivity (Wildman–Crippen MR) is 113 cm³/mol. The SMILES string of the molecule is COc1ccc(-c2nc(C)c(C(=O)NCC(C)c3ccccc3)s2)cc1OC. The summed E-state index contributed by atoms with van der Waals surface area (Å²) in [5, 5.41) is 3.81. The first-order valence-electron chi connectivity index (χ1n) is 9.06. The van der Waals surface area contributed by atoms with Crippen molar-refractivity contribution in [3.05, 3.63) is 64.7 Å². The molecule has 6 heteroatoms. The van der Waals surface area contributed by atoms with Crippen molar-refractivity contribution in [2.75, 3.05) is 20.8 Å². The van der Waals surface area contributed by atoms with Crippen LogP contribution in [0, 0.1) is 6.92 Å². The standard InChI is InChI=1S/C22H24N2O3S/c1-14(16-8-6-5-7-9-16)13-23-21(25)20-15(2)24-22(28-20)17-10-11-18(26-3)19(12-17)27-4/h5-12,14H,13H2,1-4H3,(H,23,25). The molecule has 1 aromatic heterocycles. The zero-order valence-corrected chi connectivity index (χ0v) is 17.3. The smallest absolute Gasteiger partial charge is 0.263 e. The van der Waals surface area contributed by atoms with Crippen LogP contribution in [-0.4, -0.2) is 31.7 Å². The van der Waals surface area contributed by atoms with Gasteiger partial charge in [0.05, 0.1) is 19.9 Å². The van der Waals surface area contributed by atoms with Gasteiger partial charge in [0.1, 0.15) is 9.88 Å². The second-order valence-electron chi connectivity index (χ2n) is 6.53. The summed E-state index contributed by atoms with van der Waals surface area (Å²) in [5.41, 5.74) is 2.82. The minimum Gasteiger partial charge on any atom is -0.493 e. The molecule has 0 aliphatic rings. The summed E-state index contributed by atoms with van der Waals surface area (Å²) < 4.78 is 10.6. The highest BCUT2D eigenvalue weighted by Crippen LogP contribution is 2.35. The molecule has 1 unspecified atom stereocenters. The number of benzene rings is 2. The largest absolute Gasteiger partial charge is 0.493 e. The number of nitrogens with zero attached hydrogens (tertiary/aromatic N) is 1. The topological polar surface area (TPSA) is 60.5 Å². The third kappa shape index (κ3) is 4.34. The summed E-state index contributed by atoms with van der Waals surface area (Å²) in [6.45, 7) is 4.53. The summed E-state index contributed by atoms with van der Waals surface area (Å²) in [7, 11) is 3.20. The molecular weight excluding hydrogens is 372 g/mol. The Morgan fingerprint density at radius 2 is 1.82 bits per heavy atom. The van der Waals surface area contributed by atoms with E-state index >= 15 is 0 Å². The van der Waals surface area contributed by atoms with Gasteiger partial charge in [0.25, 0.3) is 5.91 Å². The van der Waals surface area contributed by atoms with Gasteiger partial charge in [0.2, 0.25) is 0 Å². The van der Waals surface area contributed by atoms with Crippen LogP contribution in [0.3, 0.4) is 0 Å². The molecule has 0 fully saturated rings. The fourth-order valence-corrected chi connectivity index (χ4v) is 3.90. The number of hydrogen-bond acceptors (Lipinski definition) is 5. The Balaban J connectivity index is 1.74. The van der Waals surface area contributed by atoms with Crippen molar-refractivity contribution in [2.24, 2.45) is 0 Å². The van der Waals surface area contributed by atoms with Crippen molar-refractivity contribution in [2.45, 2.75) is 19.8 Å². The molecule has 146 valence electrons. The van der Waals surface area contributed by atoms with E-state index in [0.29, 0.717) is 22.9 Å². The number of rotatable bonds is 7. The van der Waals surface area contributed by atoms with Gasteiger partial charge in [-0.15, -0.1) is 11.3 Å². The van der Waals surface area contributed by atoms with Crippen molar-refractivity contribution < 1.29 is 14.3 Å². The van der Waals surface area contributed by atoms with Gasteiger partial charge in [-0.2, -0.15) is 0 Å². The molecule has 0 saturated heterocycles. The van der Waals surface area contributed by atoms with Crippen LogP contribution < -0.4 is 14.8 Å². The Labute approximate surface area is 169 Å². The molecule has 0 aliphatic heterocycles. The van der Waals surface area contributed by atoms with Gasteiger partial charge in [-0.05, 0) is 36.6 Å². The Morgan fingerprint density at radius 1 is 1.11 bits per heavy atom. The molecule has 1 atom stereocenters. The van der Waals surface area contributed by atoms with Gasteiger partial charge < -0.3 is 14.8 Å². The van der Waals surface area contributed by atoms with Crippen LogP contribution >= 0.6 is 11.3 Å². The molecule has 0 bridgehead atoms. The van der Waals surface area contributed by atoms with Crippen LogP contribution in [0.1, 0.15) is 33.8 Å². The lowest BCUT2D eigenvalue weighted by atomic mass is 10.0. The molecule has 0 spiro atoms. The Kier molecular flexibility index (Phi) is 6.31. The average Bonchev–Trinajstić information content (AvgIpc) is 3.13. The van der Waals surface area contributed by atoms with Crippen molar-refractivity contribution in [1.82, 2.24) is 10.3 Å². The maximum absolute atomic E-state index is 12.7. The van der Waals surface area contributed by atoms with Crippen molar-refractivity contribution in [3.8, 4) is 22.1 Å². The van der Waals surface area contributed by atoms with Crippen LogP contribution in [0.25, 0.3) is 10.6 Å². The van der Waals surface area contributed by atoms with Gasteiger partial charge in [-0.25, -0.2) is 4.98 Å².